The molecule has 5 nitrogen and oxygen atoms in total. The molecule has 1 aromatic carbocycles. The summed E-state index contributed by atoms with van der Waals surface area (Å²) in [4.78, 5) is 29.3. The maximum Gasteiger partial charge on any atom is 0.263 e. The van der Waals surface area contributed by atoms with Gasteiger partial charge >= 0.3 is 0 Å². The number of thiazole rings is 1. The van der Waals surface area contributed by atoms with Crippen molar-refractivity contribution in [2.24, 2.45) is 5.92 Å². The summed E-state index contributed by atoms with van der Waals surface area (Å²) < 4.78 is 0. The maximum atomic E-state index is 12.5. The number of carbonyl (C=O) groups excluding carboxylic acids is 2. The van der Waals surface area contributed by atoms with Crippen molar-refractivity contribution in [2.45, 2.75) is 45.6 Å². The van der Waals surface area contributed by atoms with Gasteiger partial charge in [-0.1, -0.05) is 23.8 Å². The first-order chi connectivity index (χ1) is 12.5. The Hall–Kier alpha value is -2.21. The average molecular weight is 372 g/mol. The van der Waals surface area contributed by atoms with Crippen LogP contribution in [0.15, 0.2) is 24.4 Å². The third-order valence-electron chi connectivity index (χ3n) is 5.02. The topological polar surface area (TPSA) is 71.1 Å². The van der Waals surface area contributed by atoms with Gasteiger partial charge in [-0.25, -0.2) is 4.98 Å². The fourth-order valence-corrected chi connectivity index (χ4v) is 4.43. The molecule has 0 atom stereocenters. The van der Waals surface area contributed by atoms with E-state index in [1.54, 1.807) is 13.2 Å². The lowest BCUT2D eigenvalue weighted by Gasteiger charge is -2.27. The largest absolute Gasteiger partial charge is 0.359 e. The first-order valence-electron chi connectivity index (χ1n) is 9.04. The molecule has 0 aliphatic heterocycles. The van der Waals surface area contributed by atoms with Gasteiger partial charge in [0.2, 0.25) is 5.91 Å². The molecule has 3 rings (SSSR count). The fourth-order valence-electron chi connectivity index (χ4n) is 3.52. The molecule has 0 unspecified atom stereocenters. The van der Waals surface area contributed by atoms with E-state index >= 15 is 0 Å². The van der Waals surface area contributed by atoms with E-state index in [1.807, 2.05) is 0 Å². The molecule has 1 aromatic heterocycles. The Labute approximate surface area is 158 Å². The van der Waals surface area contributed by atoms with Gasteiger partial charge in [0.05, 0.1) is 6.20 Å². The van der Waals surface area contributed by atoms with Gasteiger partial charge < -0.3 is 10.6 Å². The molecule has 138 valence electrons. The Morgan fingerprint density at radius 1 is 1.15 bits per heavy atom. The summed E-state index contributed by atoms with van der Waals surface area (Å²) in [6.07, 6.45) is 4.98. The number of nitrogens with one attached hydrogen (secondary N) is 2. The Balaban J connectivity index is 1.61. The molecule has 1 heterocycles. The number of amides is 2. The van der Waals surface area contributed by atoms with E-state index in [4.69, 9.17) is 0 Å². The van der Waals surface area contributed by atoms with Crippen molar-refractivity contribution in [1.29, 1.82) is 0 Å². The Kier molecular flexibility index (Phi) is 5.71. The van der Waals surface area contributed by atoms with Gasteiger partial charge in [0.1, 0.15) is 9.88 Å². The molecule has 1 saturated carbocycles. The Bertz CT molecular complexity index is 807. The minimum absolute atomic E-state index is 0.0677. The molecule has 2 amide bonds. The van der Waals surface area contributed by atoms with Crippen LogP contribution < -0.4 is 10.6 Å². The van der Waals surface area contributed by atoms with Crippen LogP contribution in [-0.2, 0) is 4.79 Å². The number of aryl methyl sites for hydroxylation is 2. The van der Waals surface area contributed by atoms with E-state index < -0.39 is 0 Å². The number of rotatable bonds is 4. The van der Waals surface area contributed by atoms with E-state index in [2.05, 4.69) is 47.7 Å². The number of aromatic nitrogens is 1. The first kappa shape index (κ1) is 18.6. The summed E-state index contributed by atoms with van der Waals surface area (Å²) in [5.41, 5.74) is 3.46. The molecule has 6 heteroatoms. The summed E-state index contributed by atoms with van der Waals surface area (Å²) in [5.74, 6) is 0.116. The second-order valence-electron chi connectivity index (χ2n) is 6.98. The molecule has 1 aliphatic rings. The van der Waals surface area contributed by atoms with Crippen LogP contribution in [0.5, 0.6) is 0 Å². The van der Waals surface area contributed by atoms with Gasteiger partial charge in [-0.05, 0) is 45.1 Å². The van der Waals surface area contributed by atoms with Crippen molar-refractivity contribution in [1.82, 2.24) is 15.6 Å². The van der Waals surface area contributed by atoms with Crippen LogP contribution in [0.4, 0.5) is 0 Å². The van der Waals surface area contributed by atoms with Gasteiger partial charge in [0.25, 0.3) is 5.91 Å². The van der Waals surface area contributed by atoms with Gasteiger partial charge in [-0.15, -0.1) is 11.3 Å². The molecule has 1 fully saturated rings. The zero-order valence-corrected chi connectivity index (χ0v) is 16.3. The van der Waals surface area contributed by atoms with E-state index in [-0.39, 0.29) is 23.8 Å². The summed E-state index contributed by atoms with van der Waals surface area (Å²) in [6, 6.07) is 6.39. The number of hydrogen-bond acceptors (Lipinski definition) is 4. The average Bonchev–Trinajstić information content (AvgIpc) is 3.11. The minimum atomic E-state index is -0.0677. The highest BCUT2D eigenvalue weighted by Crippen LogP contribution is 2.29. The third-order valence-corrected chi connectivity index (χ3v) is 6.05. The second kappa shape index (κ2) is 7.99. The van der Waals surface area contributed by atoms with E-state index in [0.717, 1.165) is 36.3 Å². The second-order valence-corrected chi connectivity index (χ2v) is 8.01. The quantitative estimate of drug-likeness (QED) is 0.865. The zero-order valence-electron chi connectivity index (χ0n) is 15.5. The number of benzene rings is 1. The smallest absolute Gasteiger partial charge is 0.263 e. The summed E-state index contributed by atoms with van der Waals surface area (Å²) in [5, 5.41) is 6.68. The molecule has 0 bridgehead atoms. The molecule has 2 aromatic rings. The van der Waals surface area contributed by atoms with Crippen LogP contribution in [0.25, 0.3) is 10.6 Å². The molecule has 26 heavy (non-hydrogen) atoms. The van der Waals surface area contributed by atoms with E-state index in [9.17, 15) is 9.59 Å². The van der Waals surface area contributed by atoms with Crippen LogP contribution in [0, 0.1) is 19.8 Å². The van der Waals surface area contributed by atoms with Crippen LogP contribution in [0.3, 0.4) is 0 Å². The number of nitrogens with zero attached hydrogens (tertiary/aromatic N) is 1. The highest BCUT2D eigenvalue weighted by Gasteiger charge is 2.27. The van der Waals surface area contributed by atoms with Gasteiger partial charge in [0, 0.05) is 24.6 Å². The minimum Gasteiger partial charge on any atom is -0.359 e. The van der Waals surface area contributed by atoms with Crippen molar-refractivity contribution in [3.05, 3.63) is 40.4 Å². The Morgan fingerprint density at radius 2 is 1.88 bits per heavy atom. The third kappa shape index (κ3) is 4.12. The number of hydrogen-bond donors (Lipinski definition) is 2. The van der Waals surface area contributed by atoms with Gasteiger partial charge in [0.15, 0.2) is 0 Å². The fraction of sp³-hybridized carbons (Fsp3) is 0.450. The summed E-state index contributed by atoms with van der Waals surface area (Å²) in [7, 11) is 1.67. The highest BCUT2D eigenvalue weighted by atomic mass is 32.1. The normalized spacial score (nSPS) is 19.8. The Morgan fingerprint density at radius 3 is 2.54 bits per heavy atom. The first-order valence-corrected chi connectivity index (χ1v) is 9.85. The lowest BCUT2D eigenvalue weighted by molar-refractivity contribution is -0.125. The van der Waals surface area contributed by atoms with Crippen molar-refractivity contribution >= 4 is 23.2 Å². The predicted octanol–water partition coefficient (Wildman–Crippen LogP) is 3.46. The van der Waals surface area contributed by atoms with E-state index in [1.165, 1.54) is 22.5 Å². The molecule has 2 N–H and O–H groups in total. The number of carbonyl (C=O) groups is 2. The van der Waals surface area contributed by atoms with Crippen molar-refractivity contribution in [3.8, 4) is 10.6 Å². The van der Waals surface area contributed by atoms with Crippen molar-refractivity contribution in [3.63, 3.8) is 0 Å². The lowest BCUT2D eigenvalue weighted by Crippen LogP contribution is -2.40. The van der Waals surface area contributed by atoms with Crippen molar-refractivity contribution in [2.75, 3.05) is 7.05 Å². The van der Waals surface area contributed by atoms with Crippen LogP contribution in [0.2, 0.25) is 0 Å². The standard InChI is InChI=1S/C20H25N3O2S/c1-12-4-9-16(13(2)10-12)20-22-11-17(26-20)19(25)23-15-7-5-14(6-8-15)18(24)21-3/h4,9-11,14-15H,5-8H2,1-3H3,(H,21,24)(H,23,25). The molecule has 0 saturated heterocycles. The van der Waals surface area contributed by atoms with Crippen LogP contribution in [-0.4, -0.2) is 29.9 Å². The SMILES string of the molecule is CNC(=O)C1CCC(NC(=O)c2cnc(-c3ccc(C)cc3C)s2)CC1. The van der Waals surface area contributed by atoms with Crippen molar-refractivity contribution < 1.29 is 9.59 Å². The maximum absolute atomic E-state index is 12.5. The zero-order chi connectivity index (χ0) is 18.7. The summed E-state index contributed by atoms with van der Waals surface area (Å²) in [6.45, 7) is 4.13. The molecular weight excluding hydrogens is 346 g/mol. The molecule has 0 spiro atoms. The monoisotopic (exact) mass is 371 g/mol. The molecule has 0 radical (unpaired) electrons. The van der Waals surface area contributed by atoms with Crippen LogP contribution in [0.1, 0.15) is 46.5 Å². The van der Waals surface area contributed by atoms with Gasteiger partial charge in [-0.2, -0.15) is 0 Å². The highest BCUT2D eigenvalue weighted by molar-refractivity contribution is 7.16. The van der Waals surface area contributed by atoms with E-state index in [0.29, 0.717) is 4.88 Å². The molecular formula is C20H25N3O2S. The van der Waals surface area contributed by atoms with Gasteiger partial charge in [-0.3, -0.25) is 9.59 Å². The lowest BCUT2D eigenvalue weighted by atomic mass is 9.85. The summed E-state index contributed by atoms with van der Waals surface area (Å²) >= 11 is 1.42. The molecule has 1 aliphatic carbocycles. The predicted molar refractivity (Wildman–Crippen MR) is 104 cm³/mol. The van der Waals surface area contributed by atoms with Crippen LogP contribution >= 0.6 is 11.3 Å².